The number of rotatable bonds is 4. The molecule has 0 aliphatic carbocycles. The van der Waals surface area contributed by atoms with Gasteiger partial charge in [0, 0.05) is 17.8 Å². The van der Waals surface area contributed by atoms with Crippen molar-refractivity contribution >= 4 is 11.9 Å². The van der Waals surface area contributed by atoms with Crippen molar-refractivity contribution in [2.45, 2.75) is 27.2 Å². The first-order valence-electron chi connectivity index (χ1n) is 4.59. The van der Waals surface area contributed by atoms with Gasteiger partial charge in [-0.1, -0.05) is 12.2 Å². The summed E-state index contributed by atoms with van der Waals surface area (Å²) >= 11 is 0. The van der Waals surface area contributed by atoms with Gasteiger partial charge in [0.25, 0.3) is 0 Å². The summed E-state index contributed by atoms with van der Waals surface area (Å²) < 4.78 is 4.52. The average molecular weight is 212 g/mol. The minimum Gasteiger partial charge on any atom is -0.396 e. The van der Waals surface area contributed by atoms with Gasteiger partial charge in [-0.05, 0) is 27.2 Å². The summed E-state index contributed by atoms with van der Waals surface area (Å²) in [6.45, 7) is 8.06. The molecule has 0 bridgehead atoms. The molecule has 0 unspecified atom stereocenters. The molecular weight excluding hydrogens is 196 g/mol. The second-order valence-corrected chi connectivity index (χ2v) is 3.34. The Morgan fingerprint density at radius 3 is 2.13 bits per heavy atom. The lowest BCUT2D eigenvalue weighted by Gasteiger charge is -2.05. The van der Waals surface area contributed by atoms with Crippen molar-refractivity contribution < 1.29 is 19.4 Å². The van der Waals surface area contributed by atoms with E-state index in [0.717, 1.165) is 0 Å². The van der Waals surface area contributed by atoms with Gasteiger partial charge < -0.3 is 9.84 Å². The third-order valence-corrected chi connectivity index (χ3v) is 1.97. The molecule has 0 aliphatic heterocycles. The maximum atomic E-state index is 11.4. The van der Waals surface area contributed by atoms with E-state index >= 15 is 0 Å². The monoisotopic (exact) mass is 212 g/mol. The van der Waals surface area contributed by atoms with Gasteiger partial charge in [-0.3, -0.25) is 0 Å². The molecule has 0 amide bonds. The van der Waals surface area contributed by atoms with E-state index < -0.39 is 11.9 Å². The van der Waals surface area contributed by atoms with Gasteiger partial charge in [-0.2, -0.15) is 0 Å². The molecule has 0 atom stereocenters. The predicted octanol–water partition coefficient (Wildman–Crippen LogP) is 1.35. The van der Waals surface area contributed by atoms with Crippen molar-refractivity contribution in [2.75, 3.05) is 6.61 Å². The highest BCUT2D eigenvalue weighted by Crippen LogP contribution is 2.09. The Balaban J connectivity index is 4.52. The number of hydrogen-bond acceptors (Lipinski definition) is 4. The highest BCUT2D eigenvalue weighted by atomic mass is 16.6. The lowest BCUT2D eigenvalue weighted by atomic mass is 10.1. The van der Waals surface area contributed by atoms with Crippen LogP contribution in [0.1, 0.15) is 27.2 Å². The molecule has 15 heavy (non-hydrogen) atoms. The van der Waals surface area contributed by atoms with Crippen LogP contribution in [0.25, 0.3) is 0 Å². The van der Waals surface area contributed by atoms with Crippen molar-refractivity contribution in [3.8, 4) is 0 Å². The molecule has 0 saturated carbocycles. The number of aliphatic hydroxyl groups is 1. The van der Waals surface area contributed by atoms with Crippen LogP contribution in [0.3, 0.4) is 0 Å². The van der Waals surface area contributed by atoms with Crippen LogP contribution in [0.5, 0.6) is 0 Å². The Morgan fingerprint density at radius 2 is 1.73 bits per heavy atom. The molecule has 0 aromatic carbocycles. The topological polar surface area (TPSA) is 63.6 Å². The lowest BCUT2D eigenvalue weighted by molar-refractivity contribution is -0.153. The van der Waals surface area contributed by atoms with Gasteiger partial charge in [0.2, 0.25) is 0 Å². The van der Waals surface area contributed by atoms with Crippen LogP contribution in [-0.4, -0.2) is 23.7 Å². The molecule has 4 heteroatoms. The van der Waals surface area contributed by atoms with Crippen LogP contribution in [0.4, 0.5) is 0 Å². The fraction of sp³-hybridized carbons (Fsp3) is 0.455. The number of carbonyl (C=O) groups is 2. The van der Waals surface area contributed by atoms with E-state index in [1.165, 1.54) is 6.92 Å². The van der Waals surface area contributed by atoms with Gasteiger partial charge >= 0.3 is 11.9 Å². The zero-order valence-electron chi connectivity index (χ0n) is 9.29. The van der Waals surface area contributed by atoms with Crippen LogP contribution in [0, 0.1) is 0 Å². The first-order chi connectivity index (χ1) is 6.90. The Hall–Kier alpha value is -1.42. The Kier molecular flexibility index (Phi) is 5.56. The van der Waals surface area contributed by atoms with E-state index in [0.29, 0.717) is 17.6 Å². The van der Waals surface area contributed by atoms with Gasteiger partial charge in [0.05, 0.1) is 0 Å². The molecule has 0 aliphatic rings. The standard InChI is InChI=1S/C11H16O4/c1-7(2)10(13)15-11(14)9(4)8(3)5-6-12/h12H,1,5-6H2,2-4H3. The van der Waals surface area contributed by atoms with Crippen LogP contribution in [0.2, 0.25) is 0 Å². The van der Waals surface area contributed by atoms with E-state index in [1.807, 2.05) is 0 Å². The van der Waals surface area contributed by atoms with Crippen molar-refractivity contribution in [1.29, 1.82) is 0 Å². The highest BCUT2D eigenvalue weighted by molar-refractivity contribution is 6.01. The molecule has 84 valence electrons. The van der Waals surface area contributed by atoms with Crippen LogP contribution in [-0.2, 0) is 14.3 Å². The summed E-state index contributed by atoms with van der Waals surface area (Å²) in [5.74, 6) is -1.41. The fourth-order valence-electron chi connectivity index (χ4n) is 0.777. The van der Waals surface area contributed by atoms with Crippen LogP contribution < -0.4 is 0 Å². The van der Waals surface area contributed by atoms with E-state index in [-0.39, 0.29) is 12.2 Å². The third-order valence-electron chi connectivity index (χ3n) is 1.97. The molecule has 0 rings (SSSR count). The minimum absolute atomic E-state index is 0.0368. The first-order valence-corrected chi connectivity index (χ1v) is 4.59. The Bertz CT molecular complexity index is 313. The number of carbonyl (C=O) groups excluding carboxylic acids is 2. The Morgan fingerprint density at radius 1 is 1.20 bits per heavy atom. The molecule has 0 heterocycles. The van der Waals surface area contributed by atoms with Gasteiger partial charge in [0.1, 0.15) is 0 Å². The quantitative estimate of drug-likeness (QED) is 0.434. The van der Waals surface area contributed by atoms with Crippen molar-refractivity contribution in [1.82, 2.24) is 0 Å². The smallest absolute Gasteiger partial charge is 0.341 e. The second-order valence-electron chi connectivity index (χ2n) is 3.34. The zero-order chi connectivity index (χ0) is 12.0. The van der Waals surface area contributed by atoms with E-state index in [9.17, 15) is 9.59 Å². The average Bonchev–Trinajstić information content (AvgIpc) is 2.16. The van der Waals surface area contributed by atoms with E-state index in [1.54, 1.807) is 13.8 Å². The number of esters is 2. The Labute approximate surface area is 89.2 Å². The van der Waals surface area contributed by atoms with E-state index in [4.69, 9.17) is 5.11 Å². The molecule has 1 N–H and O–H groups in total. The molecule has 0 radical (unpaired) electrons. The number of ether oxygens (including phenoxy) is 1. The normalized spacial score (nSPS) is 11.7. The largest absolute Gasteiger partial charge is 0.396 e. The molecule has 0 spiro atoms. The molecule has 0 saturated heterocycles. The second kappa shape index (κ2) is 6.14. The summed E-state index contributed by atoms with van der Waals surface area (Å²) in [4.78, 5) is 22.4. The van der Waals surface area contributed by atoms with Crippen molar-refractivity contribution in [2.24, 2.45) is 0 Å². The van der Waals surface area contributed by atoms with Crippen molar-refractivity contribution in [3.63, 3.8) is 0 Å². The SMILES string of the molecule is C=C(C)C(=O)OC(=O)C(C)=C(C)CCO. The summed E-state index contributed by atoms with van der Waals surface area (Å²) in [7, 11) is 0. The summed E-state index contributed by atoms with van der Waals surface area (Å²) in [6, 6.07) is 0. The van der Waals surface area contributed by atoms with Crippen LogP contribution >= 0.6 is 0 Å². The van der Waals surface area contributed by atoms with Crippen molar-refractivity contribution in [3.05, 3.63) is 23.3 Å². The third kappa shape index (κ3) is 4.56. The zero-order valence-corrected chi connectivity index (χ0v) is 9.29. The first kappa shape index (κ1) is 13.6. The number of aliphatic hydroxyl groups excluding tert-OH is 1. The van der Waals surface area contributed by atoms with Crippen LogP contribution in [0.15, 0.2) is 23.3 Å². The van der Waals surface area contributed by atoms with E-state index in [2.05, 4.69) is 11.3 Å². The lowest BCUT2D eigenvalue weighted by Crippen LogP contribution is -2.14. The molecule has 0 aromatic heterocycles. The maximum absolute atomic E-state index is 11.4. The molecule has 4 nitrogen and oxygen atoms in total. The summed E-state index contributed by atoms with van der Waals surface area (Å²) in [5, 5.41) is 8.67. The molecule has 0 fully saturated rings. The van der Waals surface area contributed by atoms with Gasteiger partial charge in [0.15, 0.2) is 0 Å². The number of hydrogen-bond donors (Lipinski definition) is 1. The van der Waals surface area contributed by atoms with Gasteiger partial charge in [-0.25, -0.2) is 9.59 Å². The summed E-state index contributed by atoms with van der Waals surface area (Å²) in [6.07, 6.45) is 0.391. The highest BCUT2D eigenvalue weighted by Gasteiger charge is 2.14. The summed E-state index contributed by atoms with van der Waals surface area (Å²) in [5.41, 5.74) is 1.23. The minimum atomic E-state index is -0.726. The van der Waals surface area contributed by atoms with Gasteiger partial charge in [-0.15, -0.1) is 0 Å². The predicted molar refractivity (Wildman–Crippen MR) is 56.0 cm³/mol. The maximum Gasteiger partial charge on any atom is 0.341 e. The molecule has 0 aromatic rings. The fourth-order valence-corrected chi connectivity index (χ4v) is 0.777. The molecular formula is C11H16O4.